The van der Waals surface area contributed by atoms with Crippen LogP contribution in [0.3, 0.4) is 0 Å². The summed E-state index contributed by atoms with van der Waals surface area (Å²) < 4.78 is 1.22. The van der Waals surface area contributed by atoms with Gasteiger partial charge >= 0.3 is 5.03 Å². The van der Waals surface area contributed by atoms with Crippen molar-refractivity contribution >= 4 is 11.4 Å². The second kappa shape index (κ2) is 2.24. The molecule has 2 rings (SSSR count). The minimum atomic E-state index is 0.894. The van der Waals surface area contributed by atoms with Crippen LogP contribution >= 0.6 is 0 Å². The number of benzene rings is 1. The first-order valence-electron chi connectivity index (χ1n) is 3.45. The van der Waals surface area contributed by atoms with Crippen LogP contribution in [-0.4, -0.2) is 0 Å². The number of rotatable bonds is 0. The van der Waals surface area contributed by atoms with Crippen molar-refractivity contribution in [3.05, 3.63) is 45.2 Å². The molecule has 0 spiro atoms. The molecule has 1 aliphatic heterocycles. The summed E-state index contributed by atoms with van der Waals surface area (Å²) in [5.74, 6) is 0. The Morgan fingerprint density at radius 1 is 1.45 bits per heavy atom. The molecule has 0 aromatic heterocycles. The summed E-state index contributed by atoms with van der Waals surface area (Å²) in [6, 6.07) is 6.28. The van der Waals surface area contributed by atoms with Gasteiger partial charge in [-0.25, -0.2) is 0 Å². The summed E-state index contributed by atoms with van der Waals surface area (Å²) in [6.07, 6.45) is 0. The molecule has 0 N–H and O–H groups in total. The minimum Gasteiger partial charge on any atom is -0.188 e. The van der Waals surface area contributed by atoms with E-state index in [4.69, 9.17) is 0 Å². The predicted molar refractivity (Wildman–Crippen MR) is 47.7 cm³/mol. The molecule has 0 unspecified atom stereocenters. The van der Waals surface area contributed by atoms with Crippen LogP contribution in [0.4, 0.5) is 0 Å². The zero-order valence-corrected chi connectivity index (χ0v) is 7.11. The quantitative estimate of drug-likeness (QED) is 0.404. The van der Waals surface area contributed by atoms with Gasteiger partial charge in [0.25, 0.3) is 15.9 Å². The third kappa shape index (κ3) is 1.10. The Hall–Kier alpha value is -1.02. The smallest absolute Gasteiger partial charge is 0.188 e. The lowest BCUT2D eigenvalue weighted by molar-refractivity contribution is 1.30. The maximum atomic E-state index is 4.28. The van der Waals surface area contributed by atoms with Crippen molar-refractivity contribution in [2.75, 3.05) is 0 Å². The maximum absolute atomic E-state index is 4.28. The van der Waals surface area contributed by atoms with Gasteiger partial charge in [0.2, 0.25) is 0 Å². The first-order chi connectivity index (χ1) is 5.25. The molecular weight excluding hydrogens is 154 g/mol. The van der Waals surface area contributed by atoms with Crippen molar-refractivity contribution in [1.82, 2.24) is 0 Å². The van der Waals surface area contributed by atoms with Gasteiger partial charge in [0.15, 0.2) is 0 Å². The fourth-order valence-electron chi connectivity index (χ4n) is 1.09. The molecule has 2 heteroatoms. The van der Waals surface area contributed by atoms with E-state index in [1.807, 2.05) is 0 Å². The zero-order valence-electron chi connectivity index (χ0n) is 6.29. The largest absolute Gasteiger partial charge is 0.317 e. The molecule has 1 aliphatic rings. The van der Waals surface area contributed by atoms with Crippen molar-refractivity contribution < 1.29 is 0 Å². The van der Waals surface area contributed by atoms with Crippen LogP contribution in [-0.2, 0) is 11.4 Å². The maximum Gasteiger partial charge on any atom is 0.317 e. The molecule has 0 bridgehead atoms. The van der Waals surface area contributed by atoms with E-state index in [1.165, 1.54) is 10.1 Å². The van der Waals surface area contributed by atoms with Crippen molar-refractivity contribution in [2.24, 2.45) is 4.99 Å². The highest BCUT2D eigenvalue weighted by Crippen LogP contribution is 2.01. The van der Waals surface area contributed by atoms with Gasteiger partial charge in [-0.05, 0) is 25.1 Å². The Morgan fingerprint density at radius 2 is 2.27 bits per heavy atom. The lowest BCUT2D eigenvalue weighted by Gasteiger charge is -1.82. The molecule has 0 fully saturated rings. The molecule has 1 aromatic carbocycles. The SMILES string of the molecule is C=C1N=c2cc(C)ccc2=[S+]1. The summed E-state index contributed by atoms with van der Waals surface area (Å²) in [6.45, 7) is 5.87. The lowest BCUT2D eigenvalue weighted by Crippen LogP contribution is -1.99. The molecular formula is C9H8NS+. The van der Waals surface area contributed by atoms with Gasteiger partial charge in [0.1, 0.15) is 5.36 Å². The third-order valence-electron chi connectivity index (χ3n) is 1.59. The standard InChI is InChI=1S/C9H8NS/c1-6-3-4-9-8(5-6)10-7(2)11-9/h3-5H,2H2,1H3/q+1. The van der Waals surface area contributed by atoms with Gasteiger partial charge in [-0.2, -0.15) is 4.99 Å². The van der Waals surface area contributed by atoms with E-state index in [-0.39, 0.29) is 0 Å². The first-order valence-corrected chi connectivity index (χ1v) is 4.26. The summed E-state index contributed by atoms with van der Waals surface area (Å²) >= 11 is 1.64. The monoisotopic (exact) mass is 162 g/mol. The van der Waals surface area contributed by atoms with Gasteiger partial charge in [-0.3, -0.25) is 0 Å². The van der Waals surface area contributed by atoms with Crippen molar-refractivity contribution in [2.45, 2.75) is 6.92 Å². The zero-order chi connectivity index (χ0) is 7.84. The Balaban J connectivity index is 2.89. The van der Waals surface area contributed by atoms with Crippen LogP contribution in [0.25, 0.3) is 0 Å². The highest BCUT2D eigenvalue weighted by atomic mass is 32.1. The fraction of sp³-hybridized carbons (Fsp3) is 0.111. The minimum absolute atomic E-state index is 0.894. The van der Waals surface area contributed by atoms with Crippen molar-refractivity contribution in [1.29, 1.82) is 0 Å². The summed E-state index contributed by atoms with van der Waals surface area (Å²) in [4.78, 5) is 4.28. The van der Waals surface area contributed by atoms with Gasteiger partial charge in [0.05, 0.1) is 0 Å². The molecule has 0 amide bonds. The summed E-state index contributed by atoms with van der Waals surface area (Å²) in [7, 11) is 0. The number of hydrogen-bond acceptors (Lipinski definition) is 1. The highest BCUT2D eigenvalue weighted by Gasteiger charge is 2.12. The van der Waals surface area contributed by atoms with Crippen LogP contribution in [0.5, 0.6) is 0 Å². The van der Waals surface area contributed by atoms with Crippen molar-refractivity contribution in [3.8, 4) is 0 Å². The van der Waals surface area contributed by atoms with Gasteiger partial charge in [0, 0.05) is 6.07 Å². The van der Waals surface area contributed by atoms with Gasteiger partial charge in [-0.15, -0.1) is 0 Å². The van der Waals surface area contributed by atoms with Gasteiger partial charge in [-0.1, -0.05) is 6.07 Å². The Morgan fingerprint density at radius 3 is 3.09 bits per heavy atom. The van der Waals surface area contributed by atoms with Gasteiger partial charge < -0.3 is 0 Å². The molecule has 0 radical (unpaired) electrons. The molecule has 1 aromatic rings. The molecule has 0 aliphatic carbocycles. The number of hydrogen-bond donors (Lipinski definition) is 0. The van der Waals surface area contributed by atoms with Crippen LogP contribution in [0.15, 0.2) is 34.8 Å². The molecule has 0 saturated carbocycles. The molecule has 1 nitrogen and oxygen atoms in total. The van der Waals surface area contributed by atoms with Crippen LogP contribution < -0.4 is 5.36 Å². The topological polar surface area (TPSA) is 12.4 Å². The fourth-order valence-corrected chi connectivity index (χ4v) is 1.83. The first kappa shape index (κ1) is 6.68. The molecule has 11 heavy (non-hydrogen) atoms. The van der Waals surface area contributed by atoms with E-state index < -0.39 is 0 Å². The predicted octanol–water partition coefficient (Wildman–Crippen LogP) is 1.43. The Kier molecular flexibility index (Phi) is 1.36. The summed E-state index contributed by atoms with van der Waals surface area (Å²) in [5, 5.41) is 1.96. The average molecular weight is 162 g/mol. The van der Waals surface area contributed by atoms with Crippen molar-refractivity contribution in [3.63, 3.8) is 0 Å². The van der Waals surface area contributed by atoms with E-state index >= 15 is 0 Å². The molecule has 1 heterocycles. The van der Waals surface area contributed by atoms with E-state index in [0.717, 1.165) is 10.4 Å². The third-order valence-corrected chi connectivity index (χ3v) is 2.48. The number of fused-ring (bicyclic) bond motifs is 1. The van der Waals surface area contributed by atoms with Crippen LogP contribution in [0.1, 0.15) is 5.56 Å². The Labute approximate surface area is 69.1 Å². The van der Waals surface area contributed by atoms with E-state index in [2.05, 4.69) is 36.7 Å². The van der Waals surface area contributed by atoms with E-state index in [9.17, 15) is 0 Å². The average Bonchev–Trinajstić information content (AvgIpc) is 2.27. The second-order valence-electron chi connectivity index (χ2n) is 2.58. The van der Waals surface area contributed by atoms with Crippen LogP contribution in [0.2, 0.25) is 0 Å². The molecule has 54 valence electrons. The van der Waals surface area contributed by atoms with E-state index in [0.29, 0.717) is 0 Å². The number of nitrogens with zero attached hydrogens (tertiary/aromatic N) is 1. The van der Waals surface area contributed by atoms with E-state index in [1.54, 1.807) is 11.4 Å². The normalized spacial score (nSPS) is 13.7. The highest BCUT2D eigenvalue weighted by molar-refractivity contribution is 7.74. The number of aryl methyl sites for hydroxylation is 1. The van der Waals surface area contributed by atoms with Crippen LogP contribution in [0, 0.1) is 11.4 Å². The molecule has 0 saturated heterocycles. The lowest BCUT2D eigenvalue weighted by atomic mass is 10.2. The second-order valence-corrected chi connectivity index (χ2v) is 3.69. The molecule has 0 atom stereocenters. The summed E-state index contributed by atoms with van der Waals surface area (Å²) in [5.41, 5.74) is 1.25. The Bertz CT molecular complexity index is 431.